The lowest BCUT2D eigenvalue weighted by atomic mass is 10.1. The van der Waals surface area contributed by atoms with Crippen LogP contribution in [0.3, 0.4) is 0 Å². The molecule has 5 nitrogen and oxygen atoms in total. The van der Waals surface area contributed by atoms with E-state index < -0.39 is 18.4 Å². The molecular weight excluding hydrogens is 337 g/mol. The van der Waals surface area contributed by atoms with Crippen molar-refractivity contribution < 1.29 is 23.5 Å². The van der Waals surface area contributed by atoms with Crippen LogP contribution in [-0.2, 0) is 4.74 Å². The van der Waals surface area contributed by atoms with Crippen molar-refractivity contribution in [2.24, 2.45) is 0 Å². The molecule has 0 saturated carbocycles. The zero-order valence-electron chi connectivity index (χ0n) is 14.3. The number of hydrogen-bond donors (Lipinski definition) is 0. The number of pyridine rings is 1. The summed E-state index contributed by atoms with van der Waals surface area (Å²) in [6, 6.07) is 12.4. The van der Waals surface area contributed by atoms with Crippen molar-refractivity contribution >= 4 is 22.7 Å². The molecule has 0 aliphatic heterocycles. The maximum Gasteiger partial charge on any atom is 0.340 e. The van der Waals surface area contributed by atoms with Gasteiger partial charge in [0.05, 0.1) is 29.4 Å². The van der Waals surface area contributed by atoms with E-state index in [9.17, 15) is 14.0 Å². The summed E-state index contributed by atoms with van der Waals surface area (Å²) in [5.74, 6) is -1.02. The first-order chi connectivity index (χ1) is 12.5. The molecule has 0 unspecified atom stereocenters. The van der Waals surface area contributed by atoms with Gasteiger partial charge in [0.25, 0.3) is 0 Å². The Labute approximate surface area is 149 Å². The van der Waals surface area contributed by atoms with Gasteiger partial charge in [0, 0.05) is 11.5 Å². The van der Waals surface area contributed by atoms with Crippen molar-refractivity contribution in [2.75, 3.05) is 13.7 Å². The van der Waals surface area contributed by atoms with E-state index in [0.717, 1.165) is 0 Å². The summed E-state index contributed by atoms with van der Waals surface area (Å²) in [7, 11) is 1.46. The van der Waals surface area contributed by atoms with Gasteiger partial charge in [0.1, 0.15) is 11.6 Å². The Kier molecular flexibility index (Phi) is 4.93. The molecule has 0 atom stereocenters. The molecule has 0 N–H and O–H groups in total. The number of aryl methyl sites for hydroxylation is 1. The SMILES string of the molecule is COc1ccccc1C(=O)COC(=O)c1cc2ccc(F)cc2nc1C. The van der Waals surface area contributed by atoms with Crippen LogP contribution in [0, 0.1) is 12.7 Å². The number of ketones is 1. The maximum atomic E-state index is 13.3. The molecule has 0 bridgehead atoms. The van der Waals surface area contributed by atoms with Crippen molar-refractivity contribution in [1.82, 2.24) is 4.98 Å². The number of Topliss-reactive ketones (excluding diaryl/α,β-unsaturated/α-hetero) is 1. The first kappa shape index (κ1) is 17.5. The fourth-order valence-electron chi connectivity index (χ4n) is 2.60. The minimum absolute atomic E-state index is 0.233. The standard InChI is InChI=1S/C20H16FNO4/c1-12-16(9-13-7-8-14(21)10-17(13)22-12)20(24)26-11-18(23)15-5-3-4-6-19(15)25-2/h3-10H,11H2,1-2H3. The van der Waals surface area contributed by atoms with E-state index in [1.807, 2.05) is 0 Å². The van der Waals surface area contributed by atoms with Crippen LogP contribution >= 0.6 is 0 Å². The van der Waals surface area contributed by atoms with Gasteiger partial charge in [-0.15, -0.1) is 0 Å². The minimum Gasteiger partial charge on any atom is -0.496 e. The lowest BCUT2D eigenvalue weighted by molar-refractivity contribution is 0.0473. The second-order valence-electron chi connectivity index (χ2n) is 5.66. The normalized spacial score (nSPS) is 10.6. The van der Waals surface area contributed by atoms with Crippen molar-refractivity contribution in [3.63, 3.8) is 0 Å². The zero-order chi connectivity index (χ0) is 18.7. The highest BCUT2D eigenvalue weighted by atomic mass is 19.1. The molecule has 0 fully saturated rings. The first-order valence-electron chi connectivity index (χ1n) is 7.90. The average molecular weight is 353 g/mol. The molecule has 0 amide bonds. The minimum atomic E-state index is -0.663. The summed E-state index contributed by atoms with van der Waals surface area (Å²) in [5.41, 5.74) is 1.42. The molecule has 1 aromatic heterocycles. The molecule has 0 radical (unpaired) electrons. The zero-order valence-corrected chi connectivity index (χ0v) is 14.3. The van der Waals surface area contributed by atoms with Gasteiger partial charge in [-0.1, -0.05) is 12.1 Å². The Morgan fingerprint density at radius 3 is 2.62 bits per heavy atom. The number of carbonyl (C=O) groups is 2. The van der Waals surface area contributed by atoms with Gasteiger partial charge in [-0.25, -0.2) is 9.18 Å². The number of halogens is 1. The van der Waals surface area contributed by atoms with E-state index >= 15 is 0 Å². The Morgan fingerprint density at radius 1 is 1.08 bits per heavy atom. The van der Waals surface area contributed by atoms with Crippen LogP contribution in [0.15, 0.2) is 48.5 Å². The van der Waals surface area contributed by atoms with Gasteiger partial charge in [-0.2, -0.15) is 0 Å². The van der Waals surface area contributed by atoms with Crippen LogP contribution < -0.4 is 4.74 Å². The van der Waals surface area contributed by atoms with E-state index in [1.54, 1.807) is 37.3 Å². The fourth-order valence-corrected chi connectivity index (χ4v) is 2.60. The van der Waals surface area contributed by atoms with Crippen LogP contribution in [0.2, 0.25) is 0 Å². The van der Waals surface area contributed by atoms with Crippen LogP contribution in [0.4, 0.5) is 4.39 Å². The number of para-hydroxylation sites is 1. The number of nitrogens with zero attached hydrogens (tertiary/aromatic N) is 1. The van der Waals surface area contributed by atoms with Crippen LogP contribution in [0.1, 0.15) is 26.4 Å². The molecule has 132 valence electrons. The van der Waals surface area contributed by atoms with Crippen molar-refractivity contribution in [1.29, 1.82) is 0 Å². The highest BCUT2D eigenvalue weighted by Gasteiger charge is 2.17. The third-order valence-electron chi connectivity index (χ3n) is 3.93. The Morgan fingerprint density at radius 2 is 1.85 bits per heavy atom. The predicted molar refractivity (Wildman–Crippen MR) is 94.0 cm³/mol. The molecule has 26 heavy (non-hydrogen) atoms. The van der Waals surface area contributed by atoms with E-state index in [1.165, 1.54) is 25.3 Å². The summed E-state index contributed by atoms with van der Waals surface area (Å²) in [6.45, 7) is 1.21. The first-order valence-corrected chi connectivity index (χ1v) is 7.90. The van der Waals surface area contributed by atoms with Gasteiger partial charge in [0.2, 0.25) is 5.78 Å². The molecule has 3 aromatic rings. The Balaban J connectivity index is 1.78. The van der Waals surface area contributed by atoms with Crippen molar-refractivity contribution in [3.8, 4) is 5.75 Å². The van der Waals surface area contributed by atoms with Crippen molar-refractivity contribution in [3.05, 3.63) is 71.2 Å². The number of hydrogen-bond acceptors (Lipinski definition) is 5. The van der Waals surface area contributed by atoms with E-state index in [2.05, 4.69) is 4.98 Å². The quantitative estimate of drug-likeness (QED) is 0.516. The molecule has 0 saturated heterocycles. The van der Waals surface area contributed by atoms with Gasteiger partial charge in [-0.05, 0) is 37.3 Å². The Bertz CT molecular complexity index is 1000. The largest absolute Gasteiger partial charge is 0.496 e. The highest BCUT2D eigenvalue weighted by molar-refractivity contribution is 6.02. The monoisotopic (exact) mass is 353 g/mol. The molecule has 0 spiro atoms. The molecule has 0 aliphatic rings. The average Bonchev–Trinajstić information content (AvgIpc) is 2.65. The molecule has 1 heterocycles. The van der Waals surface area contributed by atoms with E-state index in [0.29, 0.717) is 27.9 Å². The smallest absolute Gasteiger partial charge is 0.340 e. The number of esters is 1. The van der Waals surface area contributed by atoms with Gasteiger partial charge in [0.15, 0.2) is 6.61 Å². The summed E-state index contributed by atoms with van der Waals surface area (Å²) in [4.78, 5) is 28.9. The lowest BCUT2D eigenvalue weighted by Gasteiger charge is -2.09. The van der Waals surface area contributed by atoms with Gasteiger partial charge < -0.3 is 9.47 Å². The lowest BCUT2D eigenvalue weighted by Crippen LogP contribution is -2.16. The highest BCUT2D eigenvalue weighted by Crippen LogP contribution is 2.20. The summed E-state index contributed by atoms with van der Waals surface area (Å²) in [5, 5.41) is 0.611. The second-order valence-corrected chi connectivity index (χ2v) is 5.66. The van der Waals surface area contributed by atoms with Gasteiger partial charge >= 0.3 is 5.97 Å². The number of carbonyl (C=O) groups excluding carboxylic acids is 2. The topological polar surface area (TPSA) is 65.5 Å². The predicted octanol–water partition coefficient (Wildman–Crippen LogP) is 3.73. The van der Waals surface area contributed by atoms with Gasteiger partial charge in [-0.3, -0.25) is 9.78 Å². The molecule has 2 aromatic carbocycles. The third-order valence-corrected chi connectivity index (χ3v) is 3.93. The molecule has 3 rings (SSSR count). The Hall–Kier alpha value is -3.28. The van der Waals surface area contributed by atoms with E-state index in [4.69, 9.17) is 9.47 Å². The van der Waals surface area contributed by atoms with E-state index in [-0.39, 0.29) is 11.3 Å². The summed E-state index contributed by atoms with van der Waals surface area (Å²) in [6.07, 6.45) is 0. The number of rotatable bonds is 5. The maximum absolute atomic E-state index is 13.3. The molecule has 6 heteroatoms. The summed E-state index contributed by atoms with van der Waals surface area (Å²) >= 11 is 0. The van der Waals surface area contributed by atoms with Crippen molar-refractivity contribution in [2.45, 2.75) is 6.92 Å². The third kappa shape index (κ3) is 3.54. The second kappa shape index (κ2) is 7.31. The number of aromatic nitrogens is 1. The fraction of sp³-hybridized carbons (Fsp3) is 0.150. The number of benzene rings is 2. The number of ether oxygens (including phenoxy) is 2. The van der Waals surface area contributed by atoms with Crippen LogP contribution in [0.5, 0.6) is 5.75 Å². The van der Waals surface area contributed by atoms with Crippen LogP contribution in [0.25, 0.3) is 10.9 Å². The molecule has 0 aliphatic carbocycles. The summed E-state index contributed by atoms with van der Waals surface area (Å²) < 4.78 is 23.6. The molecular formula is C20H16FNO4. The number of methoxy groups -OCH3 is 1. The van der Waals surface area contributed by atoms with Crippen LogP contribution in [-0.4, -0.2) is 30.5 Å². The number of fused-ring (bicyclic) bond motifs is 1.